The van der Waals surface area contributed by atoms with Crippen molar-refractivity contribution in [3.8, 4) is 0 Å². The average molecular weight is 294 g/mol. The predicted molar refractivity (Wildman–Crippen MR) is 87.1 cm³/mol. The summed E-state index contributed by atoms with van der Waals surface area (Å²) in [6, 6.07) is 0. The number of rotatable bonds is 6. The molecular formula is C19H34O2. The fourth-order valence-corrected chi connectivity index (χ4v) is 4.46. The number of ether oxygens (including phenoxy) is 1. The lowest BCUT2D eigenvalue weighted by Gasteiger charge is -2.31. The maximum absolute atomic E-state index is 11.0. The molecule has 2 aliphatic carbocycles. The summed E-state index contributed by atoms with van der Waals surface area (Å²) in [4.78, 5) is 11.0. The highest BCUT2D eigenvalue weighted by molar-refractivity contribution is 5.66. The van der Waals surface area contributed by atoms with Crippen LogP contribution in [0.3, 0.4) is 0 Å². The maximum atomic E-state index is 11.0. The first-order valence-corrected chi connectivity index (χ1v) is 9.34. The minimum Gasteiger partial charge on any atom is -0.463 e. The van der Waals surface area contributed by atoms with Crippen LogP contribution in [0.1, 0.15) is 90.9 Å². The van der Waals surface area contributed by atoms with Crippen LogP contribution in [0, 0.1) is 17.8 Å². The van der Waals surface area contributed by atoms with Crippen molar-refractivity contribution in [3.05, 3.63) is 0 Å². The molecule has 0 aromatic heterocycles. The first kappa shape index (κ1) is 16.8. The number of hydrogen-bond donors (Lipinski definition) is 0. The molecule has 2 saturated carbocycles. The van der Waals surface area contributed by atoms with Crippen LogP contribution in [-0.2, 0) is 9.53 Å². The molecule has 0 heterocycles. The van der Waals surface area contributed by atoms with Crippen LogP contribution >= 0.6 is 0 Å². The van der Waals surface area contributed by atoms with Crippen molar-refractivity contribution >= 4 is 5.97 Å². The molecule has 2 nitrogen and oxygen atoms in total. The maximum Gasteiger partial charge on any atom is 0.302 e. The molecular weight excluding hydrogens is 260 g/mol. The molecule has 0 atom stereocenters. The molecule has 0 N–H and O–H groups in total. The smallest absolute Gasteiger partial charge is 0.302 e. The third kappa shape index (κ3) is 6.00. The molecule has 2 rings (SSSR count). The van der Waals surface area contributed by atoms with E-state index in [1.54, 1.807) is 0 Å². The Morgan fingerprint density at radius 1 is 0.810 bits per heavy atom. The van der Waals surface area contributed by atoms with Crippen LogP contribution in [-0.4, -0.2) is 12.1 Å². The first-order valence-electron chi connectivity index (χ1n) is 9.34. The van der Waals surface area contributed by atoms with E-state index in [1.807, 2.05) is 0 Å². The monoisotopic (exact) mass is 294 g/mol. The minimum absolute atomic E-state index is 0.109. The van der Waals surface area contributed by atoms with Gasteiger partial charge in [-0.1, -0.05) is 58.3 Å². The first-order chi connectivity index (χ1) is 10.2. The summed E-state index contributed by atoms with van der Waals surface area (Å²) in [6.45, 7) is 3.85. The number of hydrogen-bond acceptors (Lipinski definition) is 2. The molecule has 2 heteroatoms. The van der Waals surface area contributed by atoms with E-state index < -0.39 is 0 Å². The van der Waals surface area contributed by atoms with Gasteiger partial charge in [0.05, 0.1) is 0 Å². The van der Waals surface area contributed by atoms with Crippen molar-refractivity contribution in [3.63, 3.8) is 0 Å². The van der Waals surface area contributed by atoms with Gasteiger partial charge in [-0.15, -0.1) is 0 Å². The molecule has 2 aliphatic rings. The second-order valence-electron chi connectivity index (χ2n) is 7.50. The second kappa shape index (κ2) is 8.80. The predicted octanol–water partition coefficient (Wildman–Crippen LogP) is 5.50. The molecule has 0 bridgehead atoms. The SMILES string of the molecule is CCC[C@H]1CC[C@H](CC[C@H]2CC[C@H](OC(C)=O)CC2)CC1. The van der Waals surface area contributed by atoms with Crippen LogP contribution in [0.25, 0.3) is 0 Å². The Morgan fingerprint density at radius 2 is 1.24 bits per heavy atom. The van der Waals surface area contributed by atoms with Crippen LogP contribution in [0.5, 0.6) is 0 Å². The zero-order valence-corrected chi connectivity index (χ0v) is 14.1. The lowest BCUT2D eigenvalue weighted by atomic mass is 9.76. The van der Waals surface area contributed by atoms with Gasteiger partial charge in [-0.3, -0.25) is 4.79 Å². The minimum atomic E-state index is -0.109. The Bertz CT molecular complexity index is 297. The highest BCUT2D eigenvalue weighted by atomic mass is 16.5. The van der Waals surface area contributed by atoms with Gasteiger partial charge in [0, 0.05) is 6.92 Å². The van der Waals surface area contributed by atoms with Crippen molar-refractivity contribution in [1.82, 2.24) is 0 Å². The van der Waals surface area contributed by atoms with E-state index in [4.69, 9.17) is 4.74 Å². The van der Waals surface area contributed by atoms with Crippen LogP contribution < -0.4 is 0 Å². The molecule has 2 fully saturated rings. The summed E-state index contributed by atoms with van der Waals surface area (Å²) in [5.74, 6) is 2.82. The van der Waals surface area contributed by atoms with Gasteiger partial charge in [-0.05, 0) is 43.4 Å². The van der Waals surface area contributed by atoms with Crippen LogP contribution in [0.2, 0.25) is 0 Å². The Labute approximate surface area is 131 Å². The van der Waals surface area contributed by atoms with Crippen molar-refractivity contribution in [1.29, 1.82) is 0 Å². The van der Waals surface area contributed by atoms with Gasteiger partial charge < -0.3 is 4.74 Å². The number of esters is 1. The Kier molecular flexibility index (Phi) is 7.06. The summed E-state index contributed by atoms with van der Waals surface area (Å²) in [5.41, 5.74) is 0. The van der Waals surface area contributed by atoms with Crippen LogP contribution in [0.4, 0.5) is 0 Å². The number of carbonyl (C=O) groups excluding carboxylic acids is 1. The Hall–Kier alpha value is -0.530. The van der Waals surface area contributed by atoms with E-state index in [-0.39, 0.29) is 12.1 Å². The van der Waals surface area contributed by atoms with Gasteiger partial charge in [0.15, 0.2) is 0 Å². The zero-order chi connectivity index (χ0) is 15.1. The van der Waals surface area contributed by atoms with E-state index in [2.05, 4.69) is 6.92 Å². The van der Waals surface area contributed by atoms with E-state index in [0.29, 0.717) is 0 Å². The van der Waals surface area contributed by atoms with Crippen molar-refractivity contribution in [2.45, 2.75) is 97.0 Å². The molecule has 0 amide bonds. The standard InChI is InChI=1S/C19H34O2/c1-3-4-16-5-7-17(8-6-16)9-10-18-11-13-19(14-12-18)21-15(2)20/h16-19H,3-14H2,1-2H3/t16-,17-,18-,19-. The summed E-state index contributed by atoms with van der Waals surface area (Å²) in [6.07, 6.45) is 16.5. The fourth-order valence-electron chi connectivity index (χ4n) is 4.46. The Morgan fingerprint density at radius 3 is 1.67 bits per heavy atom. The molecule has 0 radical (unpaired) electrons. The van der Waals surface area contributed by atoms with Crippen molar-refractivity contribution in [2.24, 2.45) is 17.8 Å². The summed E-state index contributed by atoms with van der Waals surface area (Å²) in [5, 5.41) is 0. The molecule has 0 aromatic rings. The van der Waals surface area contributed by atoms with E-state index in [0.717, 1.165) is 30.6 Å². The van der Waals surface area contributed by atoms with Gasteiger partial charge >= 0.3 is 5.97 Å². The highest BCUT2D eigenvalue weighted by Crippen LogP contribution is 2.36. The van der Waals surface area contributed by atoms with Gasteiger partial charge in [-0.2, -0.15) is 0 Å². The molecule has 21 heavy (non-hydrogen) atoms. The summed E-state index contributed by atoms with van der Waals surface area (Å²) >= 11 is 0. The molecule has 122 valence electrons. The van der Waals surface area contributed by atoms with Gasteiger partial charge in [0.2, 0.25) is 0 Å². The second-order valence-corrected chi connectivity index (χ2v) is 7.50. The van der Waals surface area contributed by atoms with Crippen molar-refractivity contribution in [2.75, 3.05) is 0 Å². The van der Waals surface area contributed by atoms with E-state index >= 15 is 0 Å². The third-order valence-electron chi connectivity index (χ3n) is 5.77. The third-order valence-corrected chi connectivity index (χ3v) is 5.77. The largest absolute Gasteiger partial charge is 0.463 e. The molecule has 0 aliphatic heterocycles. The molecule has 0 unspecified atom stereocenters. The average Bonchev–Trinajstić information content (AvgIpc) is 2.48. The van der Waals surface area contributed by atoms with Gasteiger partial charge in [0.1, 0.15) is 6.10 Å². The molecule has 0 saturated heterocycles. The molecule has 0 spiro atoms. The van der Waals surface area contributed by atoms with Gasteiger partial charge in [0.25, 0.3) is 0 Å². The fraction of sp³-hybridized carbons (Fsp3) is 0.947. The summed E-state index contributed by atoms with van der Waals surface area (Å²) < 4.78 is 5.33. The normalized spacial score (nSPS) is 33.6. The number of carbonyl (C=O) groups is 1. The lowest BCUT2D eigenvalue weighted by Crippen LogP contribution is -2.24. The van der Waals surface area contributed by atoms with E-state index in [1.165, 1.54) is 71.1 Å². The quantitative estimate of drug-likeness (QED) is 0.605. The van der Waals surface area contributed by atoms with Crippen molar-refractivity contribution < 1.29 is 9.53 Å². The Balaban J connectivity index is 1.57. The van der Waals surface area contributed by atoms with Crippen LogP contribution in [0.15, 0.2) is 0 Å². The molecule has 0 aromatic carbocycles. The van der Waals surface area contributed by atoms with Gasteiger partial charge in [-0.25, -0.2) is 0 Å². The summed E-state index contributed by atoms with van der Waals surface area (Å²) in [7, 11) is 0. The zero-order valence-electron chi connectivity index (χ0n) is 14.1. The topological polar surface area (TPSA) is 26.3 Å². The lowest BCUT2D eigenvalue weighted by molar-refractivity contribution is -0.148. The van der Waals surface area contributed by atoms with E-state index in [9.17, 15) is 4.79 Å². The highest BCUT2D eigenvalue weighted by Gasteiger charge is 2.25.